The van der Waals surface area contributed by atoms with Gasteiger partial charge >= 0.3 is 5.97 Å². The van der Waals surface area contributed by atoms with E-state index in [2.05, 4.69) is 0 Å². The first-order valence-corrected chi connectivity index (χ1v) is 7.16. The Bertz CT molecular complexity index is 651. The number of carbonyl (C=O) groups is 1. The summed E-state index contributed by atoms with van der Waals surface area (Å²) in [5.41, 5.74) is 2.16. The predicted octanol–water partition coefficient (Wildman–Crippen LogP) is 4.69. The Hall–Kier alpha value is -2.23. The summed E-state index contributed by atoms with van der Waals surface area (Å²) in [7, 11) is 0. The second kappa shape index (κ2) is 7.16. The van der Waals surface area contributed by atoms with Crippen molar-refractivity contribution in [3.8, 4) is 11.1 Å². The minimum Gasteiger partial charge on any atom is -0.466 e. The van der Waals surface area contributed by atoms with Crippen LogP contribution in [-0.4, -0.2) is 12.6 Å². The third-order valence-electron chi connectivity index (χ3n) is 3.58. The zero-order valence-corrected chi connectivity index (χ0v) is 12.6. The first kappa shape index (κ1) is 16.1. The molecule has 0 heterocycles. The number of carbonyl (C=O) groups excluding carboxylic acids is 1. The number of esters is 1. The van der Waals surface area contributed by atoms with Crippen LogP contribution < -0.4 is 0 Å². The summed E-state index contributed by atoms with van der Waals surface area (Å²) in [6, 6.07) is 11.0. The van der Waals surface area contributed by atoms with Gasteiger partial charge in [0.15, 0.2) is 0 Å². The van der Waals surface area contributed by atoms with Crippen LogP contribution >= 0.6 is 0 Å². The molecule has 1 unspecified atom stereocenters. The van der Waals surface area contributed by atoms with Crippen molar-refractivity contribution in [2.45, 2.75) is 26.2 Å². The summed E-state index contributed by atoms with van der Waals surface area (Å²) in [5.74, 6) is -1.21. The SMILES string of the molecule is CC(=O)OCCC(C)c1ccc(-c2ccc(F)cc2F)cc1. The largest absolute Gasteiger partial charge is 0.466 e. The molecular weight excluding hydrogens is 286 g/mol. The van der Waals surface area contributed by atoms with Crippen LogP contribution in [-0.2, 0) is 9.53 Å². The van der Waals surface area contributed by atoms with Crippen molar-refractivity contribution in [1.29, 1.82) is 0 Å². The molecule has 0 amide bonds. The lowest BCUT2D eigenvalue weighted by Crippen LogP contribution is -2.04. The van der Waals surface area contributed by atoms with Crippen LogP contribution in [0.2, 0.25) is 0 Å². The van der Waals surface area contributed by atoms with Gasteiger partial charge in [-0.15, -0.1) is 0 Å². The van der Waals surface area contributed by atoms with Crippen molar-refractivity contribution in [2.24, 2.45) is 0 Å². The van der Waals surface area contributed by atoms with E-state index >= 15 is 0 Å². The molecule has 116 valence electrons. The van der Waals surface area contributed by atoms with Crippen LogP contribution in [0.3, 0.4) is 0 Å². The smallest absolute Gasteiger partial charge is 0.302 e. The van der Waals surface area contributed by atoms with Gasteiger partial charge in [0, 0.05) is 18.6 Å². The van der Waals surface area contributed by atoms with Crippen molar-refractivity contribution in [3.05, 3.63) is 59.7 Å². The second-order valence-corrected chi connectivity index (χ2v) is 5.28. The average Bonchev–Trinajstić information content (AvgIpc) is 2.47. The topological polar surface area (TPSA) is 26.3 Å². The Labute approximate surface area is 128 Å². The Morgan fingerprint density at radius 2 is 1.82 bits per heavy atom. The summed E-state index contributed by atoms with van der Waals surface area (Å²) < 4.78 is 31.6. The van der Waals surface area contributed by atoms with E-state index in [1.165, 1.54) is 19.1 Å². The minimum atomic E-state index is -0.586. The first-order valence-electron chi connectivity index (χ1n) is 7.16. The number of ether oxygens (including phenoxy) is 1. The highest BCUT2D eigenvalue weighted by Gasteiger charge is 2.09. The monoisotopic (exact) mass is 304 g/mol. The molecule has 0 aromatic heterocycles. The van der Waals surface area contributed by atoms with Gasteiger partial charge in [0.1, 0.15) is 11.6 Å². The van der Waals surface area contributed by atoms with Gasteiger partial charge in [-0.3, -0.25) is 4.79 Å². The van der Waals surface area contributed by atoms with E-state index in [0.29, 0.717) is 17.7 Å². The van der Waals surface area contributed by atoms with Gasteiger partial charge in [-0.05, 0) is 35.6 Å². The molecule has 0 radical (unpaired) electrons. The maximum atomic E-state index is 13.7. The summed E-state index contributed by atoms with van der Waals surface area (Å²) in [6.45, 7) is 3.80. The average molecular weight is 304 g/mol. The lowest BCUT2D eigenvalue weighted by Gasteiger charge is -2.12. The zero-order valence-electron chi connectivity index (χ0n) is 12.6. The van der Waals surface area contributed by atoms with Gasteiger partial charge in [-0.2, -0.15) is 0 Å². The van der Waals surface area contributed by atoms with Crippen LogP contribution in [0, 0.1) is 11.6 Å². The third-order valence-corrected chi connectivity index (χ3v) is 3.58. The summed E-state index contributed by atoms with van der Waals surface area (Å²) >= 11 is 0. The number of rotatable bonds is 5. The van der Waals surface area contributed by atoms with Crippen LogP contribution in [0.5, 0.6) is 0 Å². The fraction of sp³-hybridized carbons (Fsp3) is 0.278. The van der Waals surface area contributed by atoms with Gasteiger partial charge in [-0.25, -0.2) is 8.78 Å². The Morgan fingerprint density at radius 3 is 2.41 bits per heavy atom. The Kier molecular flexibility index (Phi) is 5.26. The lowest BCUT2D eigenvalue weighted by molar-refractivity contribution is -0.141. The van der Waals surface area contributed by atoms with E-state index in [1.807, 2.05) is 31.2 Å². The van der Waals surface area contributed by atoms with E-state index in [4.69, 9.17) is 4.74 Å². The molecule has 4 heteroatoms. The molecule has 0 aliphatic heterocycles. The molecule has 2 aromatic rings. The maximum absolute atomic E-state index is 13.7. The molecule has 0 aliphatic rings. The van der Waals surface area contributed by atoms with Crippen LogP contribution in [0.15, 0.2) is 42.5 Å². The number of hydrogen-bond acceptors (Lipinski definition) is 2. The van der Waals surface area contributed by atoms with E-state index in [-0.39, 0.29) is 11.9 Å². The highest BCUT2D eigenvalue weighted by Crippen LogP contribution is 2.26. The molecular formula is C18H18F2O2. The Morgan fingerprint density at radius 1 is 1.14 bits per heavy atom. The van der Waals surface area contributed by atoms with Crippen molar-refractivity contribution in [1.82, 2.24) is 0 Å². The van der Waals surface area contributed by atoms with E-state index in [1.54, 1.807) is 0 Å². The molecule has 0 saturated carbocycles. The summed E-state index contributed by atoms with van der Waals surface area (Å²) in [5, 5.41) is 0. The molecule has 0 aliphatic carbocycles. The standard InChI is InChI=1S/C18H18F2O2/c1-12(9-10-22-13(2)21)14-3-5-15(6-4-14)17-8-7-16(19)11-18(17)20/h3-8,11-12H,9-10H2,1-2H3. The normalized spacial score (nSPS) is 12.0. The molecule has 2 rings (SSSR count). The molecule has 0 N–H and O–H groups in total. The van der Waals surface area contributed by atoms with Crippen molar-refractivity contribution < 1.29 is 18.3 Å². The van der Waals surface area contributed by atoms with Crippen molar-refractivity contribution in [3.63, 3.8) is 0 Å². The zero-order chi connectivity index (χ0) is 16.1. The molecule has 0 fully saturated rings. The molecule has 2 nitrogen and oxygen atoms in total. The molecule has 2 aromatic carbocycles. The molecule has 0 bridgehead atoms. The second-order valence-electron chi connectivity index (χ2n) is 5.28. The predicted molar refractivity (Wildman–Crippen MR) is 81.5 cm³/mol. The van der Waals surface area contributed by atoms with Crippen LogP contribution in [0.1, 0.15) is 31.7 Å². The fourth-order valence-corrected chi connectivity index (χ4v) is 2.26. The quantitative estimate of drug-likeness (QED) is 0.749. The number of hydrogen-bond donors (Lipinski definition) is 0. The van der Waals surface area contributed by atoms with E-state index < -0.39 is 11.6 Å². The summed E-state index contributed by atoms with van der Waals surface area (Å²) in [4.78, 5) is 10.7. The van der Waals surface area contributed by atoms with Gasteiger partial charge in [-0.1, -0.05) is 31.2 Å². The fourth-order valence-electron chi connectivity index (χ4n) is 2.26. The molecule has 1 atom stereocenters. The minimum absolute atomic E-state index is 0.228. The first-order chi connectivity index (χ1) is 10.5. The number of benzene rings is 2. The highest BCUT2D eigenvalue weighted by molar-refractivity contribution is 5.66. The molecule has 0 saturated heterocycles. The highest BCUT2D eigenvalue weighted by atomic mass is 19.1. The maximum Gasteiger partial charge on any atom is 0.302 e. The molecule has 22 heavy (non-hydrogen) atoms. The number of halogens is 2. The van der Waals surface area contributed by atoms with Gasteiger partial charge < -0.3 is 4.74 Å². The van der Waals surface area contributed by atoms with Gasteiger partial charge in [0.05, 0.1) is 6.61 Å². The van der Waals surface area contributed by atoms with Crippen molar-refractivity contribution in [2.75, 3.05) is 6.61 Å². The van der Waals surface area contributed by atoms with Crippen LogP contribution in [0.4, 0.5) is 8.78 Å². The van der Waals surface area contributed by atoms with Crippen molar-refractivity contribution >= 4 is 5.97 Å². The third kappa shape index (κ3) is 4.13. The van der Waals surface area contributed by atoms with E-state index in [0.717, 1.165) is 18.1 Å². The molecule has 0 spiro atoms. The van der Waals surface area contributed by atoms with Gasteiger partial charge in [0.2, 0.25) is 0 Å². The lowest BCUT2D eigenvalue weighted by atomic mass is 9.95. The summed E-state index contributed by atoms with van der Waals surface area (Å²) in [6.07, 6.45) is 0.726. The Balaban J connectivity index is 2.08. The van der Waals surface area contributed by atoms with Gasteiger partial charge in [0.25, 0.3) is 0 Å². The van der Waals surface area contributed by atoms with E-state index in [9.17, 15) is 13.6 Å². The van der Waals surface area contributed by atoms with Crippen LogP contribution in [0.25, 0.3) is 11.1 Å².